The minimum atomic E-state index is -4.18. The standard InChI is InChI=1S/C13H18F3NO2/c1-10(7-17-9-13(14,15)16)19-8-11-3-5-12(18-2)6-4-11/h3-6,10,17H,7-9H2,1-2H3. The Morgan fingerprint density at radius 1 is 1.21 bits per heavy atom. The Balaban J connectivity index is 2.23. The molecule has 1 aromatic carbocycles. The van der Waals surface area contributed by atoms with E-state index in [1.54, 1.807) is 14.0 Å². The molecule has 1 N–H and O–H groups in total. The van der Waals surface area contributed by atoms with Crippen LogP contribution in [0.5, 0.6) is 5.75 Å². The van der Waals surface area contributed by atoms with Crippen LogP contribution in [0.2, 0.25) is 0 Å². The van der Waals surface area contributed by atoms with Gasteiger partial charge in [0, 0.05) is 6.54 Å². The van der Waals surface area contributed by atoms with Crippen molar-refractivity contribution in [1.82, 2.24) is 5.32 Å². The minimum Gasteiger partial charge on any atom is -0.497 e. The first kappa shape index (κ1) is 15.8. The number of ether oxygens (including phenoxy) is 2. The molecule has 108 valence electrons. The van der Waals surface area contributed by atoms with Crippen LogP contribution >= 0.6 is 0 Å². The lowest BCUT2D eigenvalue weighted by atomic mass is 10.2. The van der Waals surface area contributed by atoms with Crippen LogP contribution in [0, 0.1) is 0 Å². The van der Waals surface area contributed by atoms with Crippen LogP contribution in [0.3, 0.4) is 0 Å². The minimum absolute atomic E-state index is 0.162. The van der Waals surface area contributed by atoms with Crippen molar-refractivity contribution in [2.75, 3.05) is 20.2 Å². The van der Waals surface area contributed by atoms with Crippen LogP contribution in [0.15, 0.2) is 24.3 Å². The highest BCUT2D eigenvalue weighted by molar-refractivity contribution is 5.26. The third-order valence-electron chi connectivity index (χ3n) is 2.45. The van der Waals surface area contributed by atoms with Crippen LogP contribution in [0.4, 0.5) is 13.2 Å². The molecule has 0 spiro atoms. The largest absolute Gasteiger partial charge is 0.497 e. The van der Waals surface area contributed by atoms with Crippen molar-refractivity contribution < 1.29 is 22.6 Å². The molecule has 0 amide bonds. The lowest BCUT2D eigenvalue weighted by molar-refractivity contribution is -0.125. The molecule has 3 nitrogen and oxygen atoms in total. The molecular formula is C13H18F3NO2. The summed E-state index contributed by atoms with van der Waals surface area (Å²) in [6.07, 6.45) is -4.47. The predicted octanol–water partition coefficient (Wildman–Crippen LogP) is 2.75. The molecule has 0 saturated carbocycles. The maximum atomic E-state index is 11.9. The molecule has 1 unspecified atom stereocenters. The summed E-state index contributed by atoms with van der Waals surface area (Å²) in [5.41, 5.74) is 0.948. The number of benzene rings is 1. The van der Waals surface area contributed by atoms with Gasteiger partial charge in [0.25, 0.3) is 0 Å². The zero-order valence-corrected chi connectivity index (χ0v) is 11.0. The fourth-order valence-electron chi connectivity index (χ4n) is 1.44. The molecule has 19 heavy (non-hydrogen) atoms. The Labute approximate surface area is 110 Å². The fourth-order valence-corrected chi connectivity index (χ4v) is 1.44. The molecule has 0 saturated heterocycles. The highest BCUT2D eigenvalue weighted by Crippen LogP contribution is 2.13. The second-order valence-corrected chi connectivity index (χ2v) is 4.22. The van der Waals surface area contributed by atoms with Gasteiger partial charge in [-0.15, -0.1) is 0 Å². The summed E-state index contributed by atoms with van der Waals surface area (Å²) in [4.78, 5) is 0. The van der Waals surface area contributed by atoms with E-state index in [-0.39, 0.29) is 12.6 Å². The fraction of sp³-hybridized carbons (Fsp3) is 0.538. The summed E-state index contributed by atoms with van der Waals surface area (Å²) in [5, 5.41) is 2.31. The normalized spacial score (nSPS) is 13.3. The Bertz CT molecular complexity index is 365. The van der Waals surface area contributed by atoms with E-state index < -0.39 is 12.7 Å². The van der Waals surface area contributed by atoms with Gasteiger partial charge in [-0.2, -0.15) is 13.2 Å². The number of alkyl halides is 3. The third-order valence-corrected chi connectivity index (χ3v) is 2.45. The molecule has 1 rings (SSSR count). The van der Waals surface area contributed by atoms with Crippen molar-refractivity contribution in [2.45, 2.75) is 25.8 Å². The van der Waals surface area contributed by atoms with Crippen molar-refractivity contribution in [1.29, 1.82) is 0 Å². The van der Waals surface area contributed by atoms with E-state index >= 15 is 0 Å². The summed E-state index contributed by atoms with van der Waals surface area (Å²) < 4.78 is 46.2. The smallest absolute Gasteiger partial charge is 0.401 e. The zero-order valence-electron chi connectivity index (χ0n) is 11.0. The van der Waals surface area contributed by atoms with Gasteiger partial charge in [-0.05, 0) is 24.6 Å². The molecule has 0 aromatic heterocycles. The number of hydrogen-bond donors (Lipinski definition) is 1. The molecule has 0 aliphatic rings. The first-order valence-corrected chi connectivity index (χ1v) is 5.92. The maximum Gasteiger partial charge on any atom is 0.401 e. The van der Waals surface area contributed by atoms with Crippen molar-refractivity contribution >= 4 is 0 Å². The second-order valence-electron chi connectivity index (χ2n) is 4.22. The van der Waals surface area contributed by atoms with Crippen molar-refractivity contribution in [3.8, 4) is 5.75 Å². The van der Waals surface area contributed by atoms with Gasteiger partial charge in [-0.3, -0.25) is 0 Å². The first-order valence-electron chi connectivity index (χ1n) is 5.92. The Morgan fingerprint density at radius 2 is 1.84 bits per heavy atom. The van der Waals surface area contributed by atoms with E-state index in [0.29, 0.717) is 6.61 Å². The van der Waals surface area contributed by atoms with Gasteiger partial charge in [0.1, 0.15) is 5.75 Å². The van der Waals surface area contributed by atoms with E-state index in [1.807, 2.05) is 24.3 Å². The van der Waals surface area contributed by atoms with Gasteiger partial charge in [0.15, 0.2) is 0 Å². The van der Waals surface area contributed by atoms with Gasteiger partial charge in [0.05, 0.1) is 26.4 Å². The van der Waals surface area contributed by atoms with Gasteiger partial charge in [-0.25, -0.2) is 0 Å². The molecule has 0 heterocycles. The maximum absolute atomic E-state index is 11.9. The first-order chi connectivity index (χ1) is 8.90. The molecule has 1 atom stereocenters. The van der Waals surface area contributed by atoms with Crippen molar-refractivity contribution in [2.24, 2.45) is 0 Å². The average molecular weight is 277 g/mol. The monoisotopic (exact) mass is 277 g/mol. The zero-order chi connectivity index (χ0) is 14.3. The molecular weight excluding hydrogens is 259 g/mol. The van der Waals surface area contributed by atoms with Crippen LogP contribution in [-0.2, 0) is 11.3 Å². The number of hydrogen-bond acceptors (Lipinski definition) is 3. The van der Waals surface area contributed by atoms with E-state index in [4.69, 9.17) is 9.47 Å². The van der Waals surface area contributed by atoms with Crippen LogP contribution in [0.1, 0.15) is 12.5 Å². The van der Waals surface area contributed by atoms with Gasteiger partial charge < -0.3 is 14.8 Å². The summed E-state index contributed by atoms with van der Waals surface area (Å²) in [6.45, 7) is 1.25. The van der Waals surface area contributed by atoms with E-state index in [0.717, 1.165) is 11.3 Å². The van der Waals surface area contributed by atoms with Crippen molar-refractivity contribution in [3.05, 3.63) is 29.8 Å². The molecule has 0 fully saturated rings. The van der Waals surface area contributed by atoms with Gasteiger partial charge >= 0.3 is 6.18 Å². The molecule has 0 aliphatic carbocycles. The third kappa shape index (κ3) is 7.03. The molecule has 1 aromatic rings. The Morgan fingerprint density at radius 3 is 2.37 bits per heavy atom. The van der Waals surface area contributed by atoms with Crippen LogP contribution in [-0.4, -0.2) is 32.5 Å². The summed E-state index contributed by atoms with van der Waals surface area (Å²) in [6, 6.07) is 7.33. The van der Waals surface area contributed by atoms with Gasteiger partial charge in [-0.1, -0.05) is 12.1 Å². The molecule has 6 heteroatoms. The number of rotatable bonds is 7. The Kier molecular flexibility index (Phi) is 6.11. The second kappa shape index (κ2) is 7.35. The van der Waals surface area contributed by atoms with Gasteiger partial charge in [0.2, 0.25) is 0 Å². The van der Waals surface area contributed by atoms with E-state index in [2.05, 4.69) is 5.32 Å². The molecule has 0 bridgehead atoms. The predicted molar refractivity (Wildman–Crippen MR) is 66.2 cm³/mol. The lowest BCUT2D eigenvalue weighted by Gasteiger charge is -2.15. The summed E-state index contributed by atoms with van der Waals surface area (Å²) >= 11 is 0. The topological polar surface area (TPSA) is 30.5 Å². The number of halogens is 3. The SMILES string of the molecule is COc1ccc(COC(C)CNCC(F)(F)F)cc1. The van der Waals surface area contributed by atoms with E-state index in [9.17, 15) is 13.2 Å². The lowest BCUT2D eigenvalue weighted by Crippen LogP contribution is -2.34. The summed E-state index contributed by atoms with van der Waals surface area (Å²) in [5.74, 6) is 0.753. The average Bonchev–Trinajstić information content (AvgIpc) is 2.35. The Hall–Kier alpha value is -1.27. The quantitative estimate of drug-likeness (QED) is 0.831. The highest BCUT2D eigenvalue weighted by Gasteiger charge is 2.26. The molecule has 0 aliphatic heterocycles. The van der Waals surface area contributed by atoms with Crippen molar-refractivity contribution in [3.63, 3.8) is 0 Å². The number of nitrogens with one attached hydrogen (secondary N) is 1. The van der Waals surface area contributed by atoms with E-state index in [1.165, 1.54) is 0 Å². The van der Waals surface area contributed by atoms with Crippen LogP contribution in [0.25, 0.3) is 0 Å². The summed E-state index contributed by atoms with van der Waals surface area (Å²) in [7, 11) is 1.58. The van der Waals surface area contributed by atoms with Crippen LogP contribution < -0.4 is 10.1 Å². The number of methoxy groups -OCH3 is 1. The molecule has 0 radical (unpaired) electrons. The highest BCUT2D eigenvalue weighted by atomic mass is 19.4.